The van der Waals surface area contributed by atoms with Crippen molar-refractivity contribution in [2.75, 3.05) is 0 Å². The fraction of sp³-hybridized carbons (Fsp3) is 0. The highest BCUT2D eigenvalue weighted by Crippen LogP contribution is 2.34. The second kappa shape index (κ2) is 7.28. The van der Waals surface area contributed by atoms with Gasteiger partial charge in [-0.3, -0.25) is 0 Å². The predicted molar refractivity (Wildman–Crippen MR) is 111 cm³/mol. The molecule has 2 N–H and O–H groups in total. The van der Waals surface area contributed by atoms with E-state index in [9.17, 15) is 14.7 Å². The van der Waals surface area contributed by atoms with Gasteiger partial charge in [-0.2, -0.15) is 0 Å². The summed E-state index contributed by atoms with van der Waals surface area (Å²) in [6.07, 6.45) is 0. The third kappa shape index (κ3) is 3.58. The summed E-state index contributed by atoms with van der Waals surface area (Å²) < 4.78 is 5.45. The number of carbonyl (C=O) groups is 2. The normalized spacial score (nSPS) is 11.0. The number of rotatable bonds is 3. The van der Waals surface area contributed by atoms with Gasteiger partial charge < -0.3 is 14.9 Å². The van der Waals surface area contributed by atoms with Crippen molar-refractivity contribution < 1.29 is 24.5 Å². The van der Waals surface area contributed by atoms with Crippen molar-refractivity contribution in [2.45, 2.75) is 0 Å². The van der Waals surface area contributed by atoms with Gasteiger partial charge >= 0.3 is 11.9 Å². The van der Waals surface area contributed by atoms with E-state index in [4.69, 9.17) is 33.0 Å². The van der Waals surface area contributed by atoms with Crippen LogP contribution in [0, 0.1) is 0 Å². The number of benzene rings is 4. The van der Waals surface area contributed by atoms with Gasteiger partial charge in [-0.25, -0.2) is 9.59 Å². The highest BCUT2D eigenvalue weighted by molar-refractivity contribution is 6.37. The van der Waals surface area contributed by atoms with E-state index in [0.717, 1.165) is 5.39 Å². The van der Waals surface area contributed by atoms with Crippen LogP contribution in [0.3, 0.4) is 0 Å². The van der Waals surface area contributed by atoms with Gasteiger partial charge in [-0.05, 0) is 58.6 Å². The number of carboxylic acid groups (broad SMARTS) is 1. The summed E-state index contributed by atoms with van der Waals surface area (Å²) in [6.45, 7) is 0. The van der Waals surface area contributed by atoms with Crippen molar-refractivity contribution >= 4 is 56.7 Å². The number of aromatic hydroxyl groups is 1. The Morgan fingerprint density at radius 1 is 0.793 bits per heavy atom. The van der Waals surface area contributed by atoms with Crippen LogP contribution in [0.15, 0.2) is 60.7 Å². The number of phenols is 1. The molecule has 144 valence electrons. The average Bonchev–Trinajstić information content (AvgIpc) is 2.70. The molecule has 0 amide bonds. The minimum atomic E-state index is -1.04. The zero-order chi connectivity index (χ0) is 20.7. The maximum absolute atomic E-state index is 12.6. The largest absolute Gasteiger partial charge is 0.506 e. The standard InChI is InChI=1S/C22H12Cl2O5/c23-17-9-15-8-14(2-1-11(15)10-18(17)25)22(28)29-19-6-4-12-7-13(21(26)27)3-5-16(12)20(19)24/h1-10,25H,(H,26,27). The monoisotopic (exact) mass is 426 g/mol. The first-order chi connectivity index (χ1) is 13.8. The molecular weight excluding hydrogens is 415 g/mol. The number of hydrogen-bond acceptors (Lipinski definition) is 4. The molecule has 0 aliphatic rings. The molecule has 0 fully saturated rings. The van der Waals surface area contributed by atoms with Gasteiger partial charge in [0.25, 0.3) is 0 Å². The number of aromatic carboxylic acids is 1. The molecule has 0 aliphatic carbocycles. The molecule has 0 heterocycles. The molecule has 0 unspecified atom stereocenters. The van der Waals surface area contributed by atoms with Crippen molar-refractivity contribution in [3.63, 3.8) is 0 Å². The maximum atomic E-state index is 12.6. The third-order valence-electron chi connectivity index (χ3n) is 4.51. The van der Waals surface area contributed by atoms with Crippen molar-refractivity contribution in [2.24, 2.45) is 0 Å². The number of hydrogen-bond donors (Lipinski definition) is 2. The summed E-state index contributed by atoms with van der Waals surface area (Å²) in [4.78, 5) is 23.7. The zero-order valence-electron chi connectivity index (χ0n) is 14.6. The van der Waals surface area contributed by atoms with E-state index in [2.05, 4.69) is 0 Å². The van der Waals surface area contributed by atoms with Crippen molar-refractivity contribution in [1.82, 2.24) is 0 Å². The lowest BCUT2D eigenvalue weighted by Gasteiger charge is -2.10. The molecule has 0 aliphatic heterocycles. The van der Waals surface area contributed by atoms with Gasteiger partial charge in [0.1, 0.15) is 11.5 Å². The van der Waals surface area contributed by atoms with Crippen LogP contribution in [-0.2, 0) is 0 Å². The summed E-state index contributed by atoms with van der Waals surface area (Å²) in [5.74, 6) is -1.53. The van der Waals surface area contributed by atoms with Gasteiger partial charge in [0.05, 0.1) is 21.2 Å². The van der Waals surface area contributed by atoms with Crippen molar-refractivity contribution in [1.29, 1.82) is 0 Å². The summed E-state index contributed by atoms with van der Waals surface area (Å²) in [5.41, 5.74) is 0.427. The highest BCUT2D eigenvalue weighted by Gasteiger charge is 2.15. The van der Waals surface area contributed by atoms with E-state index < -0.39 is 11.9 Å². The van der Waals surface area contributed by atoms with Crippen molar-refractivity contribution in [3.8, 4) is 11.5 Å². The minimum Gasteiger partial charge on any atom is -0.506 e. The summed E-state index contributed by atoms with van der Waals surface area (Å²) >= 11 is 12.3. The number of halogens is 2. The first-order valence-corrected chi connectivity index (χ1v) is 9.19. The molecule has 0 radical (unpaired) electrons. The van der Waals surface area contributed by atoms with Crippen LogP contribution in [0.4, 0.5) is 0 Å². The van der Waals surface area contributed by atoms with Gasteiger partial charge in [-0.15, -0.1) is 0 Å². The lowest BCUT2D eigenvalue weighted by molar-refractivity contribution is 0.0694. The molecule has 4 aromatic rings. The SMILES string of the molecule is O=C(O)c1ccc2c(Cl)c(OC(=O)c3ccc4cc(O)c(Cl)cc4c3)ccc2c1. The molecule has 29 heavy (non-hydrogen) atoms. The fourth-order valence-corrected chi connectivity index (χ4v) is 3.47. The van der Waals surface area contributed by atoms with E-state index in [-0.39, 0.29) is 32.7 Å². The fourth-order valence-electron chi connectivity index (χ4n) is 3.03. The highest BCUT2D eigenvalue weighted by atomic mass is 35.5. The molecule has 7 heteroatoms. The molecule has 0 atom stereocenters. The van der Waals surface area contributed by atoms with Crippen LogP contribution in [0.2, 0.25) is 10.0 Å². The minimum absolute atomic E-state index is 0.0384. The van der Waals surface area contributed by atoms with Gasteiger partial charge in [0.15, 0.2) is 0 Å². The van der Waals surface area contributed by atoms with Crippen LogP contribution in [0.1, 0.15) is 20.7 Å². The summed E-state index contributed by atoms with van der Waals surface area (Å²) in [5, 5.41) is 21.8. The molecule has 0 aromatic heterocycles. The van der Waals surface area contributed by atoms with Gasteiger partial charge in [0.2, 0.25) is 0 Å². The second-order valence-electron chi connectivity index (χ2n) is 6.37. The Morgan fingerprint density at radius 3 is 2.24 bits per heavy atom. The first kappa shape index (κ1) is 19.1. The molecule has 0 saturated heterocycles. The topological polar surface area (TPSA) is 83.8 Å². The molecule has 4 rings (SSSR count). The third-order valence-corrected chi connectivity index (χ3v) is 5.20. The second-order valence-corrected chi connectivity index (χ2v) is 7.16. The number of esters is 1. The quantitative estimate of drug-likeness (QED) is 0.313. The molecular formula is C22H12Cl2O5. The van der Waals surface area contributed by atoms with Crippen LogP contribution < -0.4 is 4.74 Å². The molecule has 0 bridgehead atoms. The number of fused-ring (bicyclic) bond motifs is 2. The van der Waals surface area contributed by atoms with E-state index in [1.807, 2.05) is 0 Å². The molecule has 4 aromatic carbocycles. The zero-order valence-corrected chi connectivity index (χ0v) is 16.2. The lowest BCUT2D eigenvalue weighted by atomic mass is 10.1. The smallest absolute Gasteiger partial charge is 0.343 e. The van der Waals surface area contributed by atoms with Gasteiger partial charge in [-0.1, -0.05) is 41.4 Å². The molecule has 0 saturated carbocycles. The van der Waals surface area contributed by atoms with Crippen LogP contribution in [-0.4, -0.2) is 22.2 Å². The maximum Gasteiger partial charge on any atom is 0.343 e. The van der Waals surface area contributed by atoms with Crippen LogP contribution in [0.25, 0.3) is 21.5 Å². The Morgan fingerprint density at radius 2 is 1.48 bits per heavy atom. The Labute approximate surface area is 174 Å². The lowest BCUT2D eigenvalue weighted by Crippen LogP contribution is -2.08. The van der Waals surface area contributed by atoms with Crippen molar-refractivity contribution in [3.05, 3.63) is 81.8 Å². The molecule has 5 nitrogen and oxygen atoms in total. The Balaban J connectivity index is 1.67. The van der Waals surface area contributed by atoms with E-state index in [0.29, 0.717) is 16.2 Å². The van der Waals surface area contributed by atoms with E-state index in [1.54, 1.807) is 36.4 Å². The van der Waals surface area contributed by atoms with Gasteiger partial charge in [0, 0.05) is 5.39 Å². The van der Waals surface area contributed by atoms with E-state index >= 15 is 0 Å². The number of phenolic OH excluding ortho intramolecular Hbond substituents is 1. The predicted octanol–water partition coefficient (Wildman–Crippen LogP) is 5.92. The Hall–Kier alpha value is -3.28. The molecule has 0 spiro atoms. The average molecular weight is 427 g/mol. The van der Waals surface area contributed by atoms with E-state index in [1.165, 1.54) is 24.3 Å². The Bertz CT molecular complexity index is 1310. The number of carboxylic acids is 1. The summed E-state index contributed by atoms with van der Waals surface area (Å²) in [7, 11) is 0. The van der Waals surface area contributed by atoms with Crippen LogP contribution in [0.5, 0.6) is 11.5 Å². The number of carbonyl (C=O) groups excluding carboxylic acids is 1. The van der Waals surface area contributed by atoms with Crippen LogP contribution >= 0.6 is 23.2 Å². The number of ether oxygens (including phenoxy) is 1. The Kier molecular flexibility index (Phi) is 4.78. The first-order valence-electron chi connectivity index (χ1n) is 8.43. The summed E-state index contributed by atoms with van der Waals surface area (Å²) in [6, 6.07) is 15.6.